The molecule has 430 valence electrons. The number of halogens is 9. The summed E-state index contributed by atoms with van der Waals surface area (Å²) in [7, 11) is 0. The minimum absolute atomic E-state index is 0. The molecule has 2 N–H and O–H groups in total. The van der Waals surface area contributed by atoms with Crippen LogP contribution < -0.4 is 66.9 Å². The molecule has 1 fully saturated rings. The maximum atomic E-state index is 16.2. The van der Waals surface area contributed by atoms with E-state index in [1.807, 2.05) is 48.5 Å². The standard InChI is InChI=1S/C41H42F4N8O2.C17H12BrF4N3O.CH3.K/c1-4-37(28(2)3)53-39(54)52(27-48-53)34-14-12-33(13-15-34)50-22-20-49(21-23-50)32-10-6-29(7-11-32)30-8-17-38(46-25-30)41(44,45)40(55,26-51-19-5-18-47-51)35-16-9-31(42)24-36(35)43;18-11-2-5-15(23-9-11)17(21,22)16(26,10-25-7-1-6-24-25)13-4-3-12(19)8-14(13)20;;/h5-19,24-25,27-28,37,55H,4,20-23,26H2,1-3H3;1-9,26H,10H2;1H3;/q;;-1;+1/t37-,40?;;;/m0.../s1. The number of alkyl halides is 4. The van der Waals surface area contributed by atoms with Crippen LogP contribution in [-0.4, -0.2) is 80.3 Å². The Morgan fingerprint density at radius 3 is 1.45 bits per heavy atom. The van der Waals surface area contributed by atoms with Crippen molar-refractivity contribution in [2.45, 2.75) is 69.4 Å². The van der Waals surface area contributed by atoms with Gasteiger partial charge in [0.2, 0.25) is 0 Å². The van der Waals surface area contributed by atoms with Gasteiger partial charge in [0, 0.05) is 108 Å². The molecule has 1 aliphatic heterocycles. The van der Waals surface area contributed by atoms with Crippen molar-refractivity contribution in [3.63, 3.8) is 0 Å². The van der Waals surface area contributed by atoms with E-state index >= 15 is 17.6 Å². The molecule has 24 heteroatoms. The molecule has 3 atom stereocenters. The summed E-state index contributed by atoms with van der Waals surface area (Å²) >= 11 is 3.09. The summed E-state index contributed by atoms with van der Waals surface area (Å²) in [4.78, 5) is 25.3. The first-order valence-corrected chi connectivity index (χ1v) is 26.4. The van der Waals surface area contributed by atoms with E-state index in [2.05, 4.69) is 71.8 Å². The third-order valence-corrected chi connectivity index (χ3v) is 14.8. The molecule has 1 saturated heterocycles. The van der Waals surface area contributed by atoms with Crippen LogP contribution in [0, 0.1) is 36.6 Å². The SMILES string of the molecule is CC[C@@H](C(C)C)n1ncn(-c2ccc(N3CCN(c4ccc(-c5ccc(C(F)(F)C(O)(Cn6cccn6)c6ccc(F)cc6F)nc5)cc4)CC3)cc2)c1=O.OC(Cn1cccn1)(c1ccc(F)cc1F)C(F)(F)c1ccc(Br)cn1.[CH3-].[K+]. The van der Waals surface area contributed by atoms with Gasteiger partial charge in [-0.2, -0.15) is 32.9 Å². The van der Waals surface area contributed by atoms with E-state index < -0.39 is 81.9 Å². The predicted molar refractivity (Wildman–Crippen MR) is 297 cm³/mol. The van der Waals surface area contributed by atoms with Crippen LogP contribution in [0.15, 0.2) is 174 Å². The van der Waals surface area contributed by atoms with Gasteiger partial charge in [0.25, 0.3) is 0 Å². The first-order chi connectivity index (χ1) is 38.6. The summed E-state index contributed by atoms with van der Waals surface area (Å²) < 4.78 is 125. The van der Waals surface area contributed by atoms with Crippen LogP contribution in [0.3, 0.4) is 0 Å². The number of nitrogens with zero attached hydrogens (tertiary/aromatic N) is 11. The molecule has 0 radical (unpaired) electrons. The van der Waals surface area contributed by atoms with E-state index in [9.17, 15) is 32.6 Å². The molecule has 4 aromatic carbocycles. The molecule has 2 unspecified atom stereocenters. The van der Waals surface area contributed by atoms with Gasteiger partial charge >= 0.3 is 68.9 Å². The zero-order chi connectivity index (χ0) is 57.9. The maximum Gasteiger partial charge on any atom is 1.00 e. The summed E-state index contributed by atoms with van der Waals surface area (Å²) in [5, 5.41) is 34.5. The van der Waals surface area contributed by atoms with E-state index in [1.54, 1.807) is 15.6 Å². The Labute approximate surface area is 524 Å². The van der Waals surface area contributed by atoms with Gasteiger partial charge in [-0.25, -0.2) is 31.6 Å². The molecular formula is C59H57BrF8KN11O3. The quantitative estimate of drug-likeness (QED) is 0.0516. The van der Waals surface area contributed by atoms with Crippen LogP contribution in [0.4, 0.5) is 46.5 Å². The van der Waals surface area contributed by atoms with Gasteiger partial charge < -0.3 is 27.4 Å². The molecule has 5 aromatic heterocycles. The number of anilines is 2. The van der Waals surface area contributed by atoms with Crippen LogP contribution in [0.1, 0.15) is 55.7 Å². The number of piperazine rings is 1. The van der Waals surface area contributed by atoms with Gasteiger partial charge in [-0.1, -0.05) is 39.0 Å². The average molecular weight is 1240 g/mol. The molecule has 14 nitrogen and oxygen atoms in total. The van der Waals surface area contributed by atoms with Gasteiger partial charge in [-0.15, -0.1) is 0 Å². The van der Waals surface area contributed by atoms with Crippen molar-refractivity contribution >= 4 is 27.3 Å². The maximum absolute atomic E-state index is 16.2. The van der Waals surface area contributed by atoms with Crippen molar-refractivity contribution in [2.24, 2.45) is 5.92 Å². The average Bonchev–Trinajstić information content (AvgIpc) is 4.42. The molecule has 0 saturated carbocycles. The van der Waals surface area contributed by atoms with Gasteiger partial charge in [0.1, 0.15) is 41.0 Å². The molecule has 0 spiro atoms. The fourth-order valence-corrected chi connectivity index (χ4v) is 10.1. The Morgan fingerprint density at radius 1 is 0.602 bits per heavy atom. The predicted octanol–water partition coefficient (Wildman–Crippen LogP) is 8.64. The summed E-state index contributed by atoms with van der Waals surface area (Å²) in [5.74, 6) is -12.3. The first-order valence-electron chi connectivity index (χ1n) is 25.6. The van der Waals surface area contributed by atoms with E-state index in [0.29, 0.717) is 28.1 Å². The van der Waals surface area contributed by atoms with E-state index in [-0.39, 0.29) is 70.5 Å². The van der Waals surface area contributed by atoms with Gasteiger partial charge in [0.05, 0.1) is 24.8 Å². The zero-order valence-corrected chi connectivity index (χ0v) is 50.5. The van der Waals surface area contributed by atoms with Crippen molar-refractivity contribution < 1.29 is 96.7 Å². The fraction of sp³-hybridized carbons (Fsp3) is 0.271. The summed E-state index contributed by atoms with van der Waals surface area (Å²) in [6.07, 6.45) is 10.2. The van der Waals surface area contributed by atoms with Crippen LogP contribution in [-0.2, 0) is 36.1 Å². The molecular weight excluding hydrogens is 1180 g/mol. The zero-order valence-electron chi connectivity index (χ0n) is 45.8. The van der Waals surface area contributed by atoms with Crippen molar-refractivity contribution in [3.05, 3.63) is 233 Å². The summed E-state index contributed by atoms with van der Waals surface area (Å²) in [6, 6.07) is 27.7. The minimum Gasteiger partial charge on any atom is -0.377 e. The molecule has 0 amide bonds. The third kappa shape index (κ3) is 13.4. The Balaban J connectivity index is 0.000000297. The van der Waals surface area contributed by atoms with Crippen molar-refractivity contribution in [1.29, 1.82) is 0 Å². The second-order valence-corrected chi connectivity index (χ2v) is 20.7. The third-order valence-electron chi connectivity index (χ3n) is 14.4. The number of rotatable bonds is 17. The Morgan fingerprint density at radius 2 is 1.05 bits per heavy atom. The Hall–Kier alpha value is -6.38. The van der Waals surface area contributed by atoms with Crippen LogP contribution in [0.2, 0.25) is 0 Å². The smallest absolute Gasteiger partial charge is 0.377 e. The number of benzene rings is 4. The van der Waals surface area contributed by atoms with Crippen molar-refractivity contribution in [3.8, 4) is 16.8 Å². The van der Waals surface area contributed by atoms with Gasteiger partial charge in [0.15, 0.2) is 11.2 Å². The Kier molecular flexibility index (Phi) is 20.6. The van der Waals surface area contributed by atoms with E-state index in [4.69, 9.17) is 0 Å². The van der Waals surface area contributed by atoms with Crippen LogP contribution in [0.25, 0.3) is 16.8 Å². The van der Waals surface area contributed by atoms with E-state index in [0.717, 1.165) is 107 Å². The normalized spacial score (nSPS) is 14.6. The minimum atomic E-state index is -4.10. The monoisotopic (exact) mass is 1240 g/mol. The molecule has 9 aromatic rings. The topological polar surface area (TPSA) is 148 Å². The molecule has 0 bridgehead atoms. The molecule has 6 heterocycles. The van der Waals surface area contributed by atoms with Crippen LogP contribution in [0.5, 0.6) is 0 Å². The van der Waals surface area contributed by atoms with Gasteiger partial charge in [-0.3, -0.25) is 19.3 Å². The molecule has 83 heavy (non-hydrogen) atoms. The molecule has 1 aliphatic rings. The second kappa shape index (κ2) is 26.7. The van der Waals surface area contributed by atoms with Gasteiger partial charge in [-0.05, 0) is 125 Å². The van der Waals surface area contributed by atoms with Crippen LogP contribution >= 0.6 is 15.9 Å². The van der Waals surface area contributed by atoms with Crippen molar-refractivity contribution in [2.75, 3.05) is 36.0 Å². The second-order valence-electron chi connectivity index (χ2n) is 19.8. The Bertz CT molecular complexity index is 3610. The molecule has 10 rings (SSSR count). The fourth-order valence-electron chi connectivity index (χ4n) is 9.91. The largest absolute Gasteiger partial charge is 1.00 e. The summed E-state index contributed by atoms with van der Waals surface area (Å²) in [5.41, 5.74) is -5.26. The number of aliphatic hydroxyl groups is 2. The summed E-state index contributed by atoms with van der Waals surface area (Å²) in [6.45, 7) is 7.81. The van der Waals surface area contributed by atoms with Crippen molar-refractivity contribution in [1.82, 2.24) is 43.9 Å². The molecule has 0 aliphatic carbocycles. The number of pyridine rings is 2. The first kappa shape index (κ1) is 64.2. The number of hydrogen-bond acceptors (Lipinski definition) is 10. The number of hydrogen-bond donors (Lipinski definition) is 2. The number of aromatic nitrogens is 9. The van der Waals surface area contributed by atoms with E-state index in [1.165, 1.54) is 55.2 Å².